The lowest BCUT2D eigenvalue weighted by atomic mass is 9.33. The maximum Gasteiger partial charge on any atom is 0.252 e. The predicted molar refractivity (Wildman–Crippen MR) is 336 cm³/mol. The second kappa shape index (κ2) is 16.1. The van der Waals surface area contributed by atoms with Gasteiger partial charge in [0.15, 0.2) is 0 Å². The second-order valence-corrected chi connectivity index (χ2v) is 28.4. The predicted octanol–water partition coefficient (Wildman–Crippen LogP) is 17.8. The minimum absolute atomic E-state index is 0.00337. The van der Waals surface area contributed by atoms with Crippen molar-refractivity contribution < 1.29 is 0 Å². The van der Waals surface area contributed by atoms with E-state index in [9.17, 15) is 0 Å². The summed E-state index contributed by atoms with van der Waals surface area (Å²) in [5.74, 6) is 0. The zero-order valence-corrected chi connectivity index (χ0v) is 48.9. The molecule has 4 unspecified atom stereocenters. The minimum atomic E-state index is -0.129. The smallest absolute Gasteiger partial charge is 0.252 e. The van der Waals surface area contributed by atoms with Crippen LogP contribution in [0.3, 0.4) is 0 Å². The van der Waals surface area contributed by atoms with Gasteiger partial charge in [-0.3, -0.25) is 0 Å². The van der Waals surface area contributed by atoms with Gasteiger partial charge in [0.25, 0.3) is 6.71 Å². The zero-order valence-electron chi connectivity index (χ0n) is 48.9. The number of para-hydroxylation sites is 2. The van der Waals surface area contributed by atoms with Gasteiger partial charge in [-0.15, -0.1) is 0 Å². The molecule has 4 atom stereocenters. The molecule has 0 N–H and O–H groups in total. The summed E-state index contributed by atoms with van der Waals surface area (Å²) >= 11 is 0. The quantitative estimate of drug-likeness (QED) is 0.163. The number of hydrogen-bond acceptors (Lipinski definition) is 4. The Balaban J connectivity index is 1.06. The largest absolute Gasteiger partial charge is 0.334 e. The highest BCUT2D eigenvalue weighted by molar-refractivity contribution is 7.00. The second-order valence-electron chi connectivity index (χ2n) is 28.4. The van der Waals surface area contributed by atoms with E-state index >= 15 is 0 Å². The van der Waals surface area contributed by atoms with Crippen molar-refractivity contribution in [3.63, 3.8) is 0 Å². The number of benzene rings is 8. The van der Waals surface area contributed by atoms with Gasteiger partial charge in [0.2, 0.25) is 0 Å². The SMILES string of the molecule is CC(C)(C)c1ccc(N2c3cc(N4c5ccccc5C5(C)CCCCC45C)ccc3B3c4ccc(C(C)(C)C)cc4N(c4ccc5cc4-c4ccccc4C5(C)C)c4cc(N5c6ccccc6C6(C)CCCC56C)cc2c43)cc1. The van der Waals surface area contributed by atoms with Crippen LogP contribution in [0.5, 0.6) is 0 Å². The molecule has 3 aliphatic carbocycles. The Morgan fingerprint density at radius 1 is 0.380 bits per heavy atom. The van der Waals surface area contributed by atoms with E-state index in [1.165, 1.54) is 150 Å². The summed E-state index contributed by atoms with van der Waals surface area (Å²) < 4.78 is 0. The highest BCUT2D eigenvalue weighted by atomic mass is 15.3. The van der Waals surface area contributed by atoms with Gasteiger partial charge in [0.1, 0.15) is 0 Å². The summed E-state index contributed by atoms with van der Waals surface area (Å²) in [6.07, 6.45) is 8.38. The van der Waals surface area contributed by atoms with E-state index in [1.807, 2.05) is 0 Å². The molecule has 2 saturated carbocycles. The summed E-state index contributed by atoms with van der Waals surface area (Å²) in [5, 5.41) is 0. The normalized spacial score (nSPS) is 24.5. The van der Waals surface area contributed by atoms with Crippen molar-refractivity contribution in [2.24, 2.45) is 0 Å². The molecule has 4 aliphatic heterocycles. The fraction of sp³-hybridized carbons (Fsp3) is 0.351. The molecule has 2 bridgehead atoms. The van der Waals surface area contributed by atoms with Gasteiger partial charge in [-0.2, -0.15) is 0 Å². The lowest BCUT2D eigenvalue weighted by molar-refractivity contribution is 0.195. The first-order chi connectivity index (χ1) is 37.7. The molecular weight excluding hydrogens is 956 g/mol. The summed E-state index contributed by atoms with van der Waals surface area (Å²) in [6, 6.07) is 65.5. The molecule has 79 heavy (non-hydrogen) atoms. The molecule has 0 spiro atoms. The van der Waals surface area contributed by atoms with Crippen molar-refractivity contribution >= 4 is 80.0 Å². The van der Waals surface area contributed by atoms with Crippen LogP contribution < -0.4 is 36.0 Å². The Morgan fingerprint density at radius 3 is 1.54 bits per heavy atom. The Morgan fingerprint density at radius 2 is 0.886 bits per heavy atom. The molecular formula is C74H77BN4. The average molecular weight is 1030 g/mol. The molecule has 7 aliphatic rings. The summed E-state index contributed by atoms with van der Waals surface area (Å²) in [5.41, 5.74) is 27.5. The molecule has 0 saturated heterocycles. The van der Waals surface area contributed by atoms with Gasteiger partial charge in [-0.05, 0) is 172 Å². The van der Waals surface area contributed by atoms with E-state index in [4.69, 9.17) is 0 Å². The molecule has 0 amide bonds. The van der Waals surface area contributed by atoms with Crippen LogP contribution in [0.4, 0.5) is 56.9 Å². The van der Waals surface area contributed by atoms with Crippen molar-refractivity contribution in [3.8, 4) is 11.1 Å². The number of anilines is 10. The van der Waals surface area contributed by atoms with Crippen LogP contribution in [0.15, 0.2) is 164 Å². The zero-order chi connectivity index (χ0) is 54.6. The third-order valence-electron chi connectivity index (χ3n) is 22.0. The first kappa shape index (κ1) is 49.1. The number of rotatable bonds is 4. The highest BCUT2D eigenvalue weighted by Gasteiger charge is 2.61. The third-order valence-corrected chi connectivity index (χ3v) is 22.0. The van der Waals surface area contributed by atoms with Gasteiger partial charge in [0, 0.05) is 73.0 Å². The van der Waals surface area contributed by atoms with Gasteiger partial charge in [-0.25, -0.2) is 0 Å². The summed E-state index contributed by atoms with van der Waals surface area (Å²) in [6.45, 7) is 29.2. The molecule has 0 radical (unpaired) electrons. The van der Waals surface area contributed by atoms with E-state index in [1.54, 1.807) is 0 Å². The monoisotopic (exact) mass is 1030 g/mol. The van der Waals surface area contributed by atoms with Crippen molar-refractivity contribution in [2.45, 2.75) is 166 Å². The van der Waals surface area contributed by atoms with E-state index in [0.717, 1.165) is 12.8 Å². The average Bonchev–Trinajstić information content (AvgIpc) is 3.14. The standard InChI is InChI=1S/C74H77BN4/c1-68(2,3)47-28-32-50(33-29-47)76-64-44-51(78-61-26-17-15-24-56(61)71(9)38-19-20-40-73(71,78)11)34-36-59(64)75-58-35-30-48(69(4,5)6)43-63(58)77(60-37-31-49-42-54(60)53-22-13-14-23-55(53)70(49,7)8)66-46-52(45-65(76)67(66)75)79-62-27-18-16-25-57(62)72(10)39-21-41-74(72,79)12/h13-18,22-37,42-46H,19-21,38-41H2,1-12H3. The van der Waals surface area contributed by atoms with Crippen molar-refractivity contribution in [2.75, 3.05) is 19.6 Å². The van der Waals surface area contributed by atoms with Crippen LogP contribution in [0.2, 0.25) is 0 Å². The Bertz CT molecular complexity index is 3890. The van der Waals surface area contributed by atoms with Gasteiger partial charge < -0.3 is 19.6 Å². The maximum atomic E-state index is 2.81. The molecule has 4 heterocycles. The molecule has 15 rings (SSSR count). The van der Waals surface area contributed by atoms with Crippen LogP contribution in [-0.2, 0) is 27.1 Å². The van der Waals surface area contributed by atoms with Crippen molar-refractivity contribution in [3.05, 3.63) is 197 Å². The van der Waals surface area contributed by atoms with Crippen molar-refractivity contribution in [1.29, 1.82) is 0 Å². The molecule has 8 aromatic carbocycles. The Labute approximate surface area is 471 Å². The van der Waals surface area contributed by atoms with Crippen molar-refractivity contribution in [1.82, 2.24) is 0 Å². The van der Waals surface area contributed by atoms with Gasteiger partial charge >= 0.3 is 0 Å². The number of fused-ring (bicyclic) bond motifs is 14. The van der Waals surface area contributed by atoms with E-state index in [2.05, 4.69) is 266 Å². The fourth-order valence-electron chi connectivity index (χ4n) is 17.1. The van der Waals surface area contributed by atoms with Gasteiger partial charge in [-0.1, -0.05) is 186 Å². The Kier molecular flexibility index (Phi) is 10.0. The summed E-state index contributed by atoms with van der Waals surface area (Å²) in [4.78, 5) is 11.0. The topological polar surface area (TPSA) is 13.0 Å². The lowest BCUT2D eigenvalue weighted by Crippen LogP contribution is -2.61. The minimum Gasteiger partial charge on any atom is -0.334 e. The van der Waals surface area contributed by atoms with Crippen LogP contribution in [0.1, 0.15) is 161 Å². The van der Waals surface area contributed by atoms with Gasteiger partial charge in [0.05, 0.1) is 16.8 Å². The molecule has 396 valence electrons. The van der Waals surface area contributed by atoms with E-state index in [-0.39, 0.29) is 44.9 Å². The highest BCUT2D eigenvalue weighted by Crippen LogP contribution is 2.65. The molecule has 0 aromatic heterocycles. The fourth-order valence-corrected chi connectivity index (χ4v) is 17.1. The van der Waals surface area contributed by atoms with Crippen LogP contribution in [-0.4, -0.2) is 17.8 Å². The lowest BCUT2D eigenvalue weighted by Gasteiger charge is -2.51. The first-order valence-electron chi connectivity index (χ1n) is 29.9. The van der Waals surface area contributed by atoms with E-state index < -0.39 is 0 Å². The molecule has 2 fully saturated rings. The maximum absolute atomic E-state index is 2.81. The summed E-state index contributed by atoms with van der Waals surface area (Å²) in [7, 11) is 0. The molecule has 4 nitrogen and oxygen atoms in total. The van der Waals surface area contributed by atoms with Crippen LogP contribution in [0, 0.1) is 0 Å². The van der Waals surface area contributed by atoms with E-state index in [0.29, 0.717) is 0 Å². The first-order valence-corrected chi connectivity index (χ1v) is 29.9. The third kappa shape index (κ3) is 6.40. The number of hydrogen-bond donors (Lipinski definition) is 0. The van der Waals surface area contributed by atoms with Crippen LogP contribution >= 0.6 is 0 Å². The Hall–Kier alpha value is -6.98. The number of nitrogens with zero attached hydrogens (tertiary/aromatic N) is 4. The molecule has 8 aromatic rings. The van der Waals surface area contributed by atoms with Crippen LogP contribution in [0.25, 0.3) is 11.1 Å². The molecule has 5 heteroatoms.